The van der Waals surface area contributed by atoms with Crippen molar-refractivity contribution in [2.75, 3.05) is 45.1 Å². The zero-order valence-corrected chi connectivity index (χ0v) is 14.8. The lowest BCUT2D eigenvalue weighted by Gasteiger charge is -2.33. The summed E-state index contributed by atoms with van der Waals surface area (Å²) in [7, 11) is 2.05. The minimum absolute atomic E-state index is 0.0466. The van der Waals surface area contributed by atoms with Crippen LogP contribution in [0, 0.1) is 5.92 Å². The van der Waals surface area contributed by atoms with Crippen molar-refractivity contribution < 1.29 is 14.7 Å². The summed E-state index contributed by atoms with van der Waals surface area (Å²) in [5.74, 6) is -1.95. The molecule has 0 bridgehead atoms. The molecule has 1 aromatic carbocycles. The number of piperazine rings is 1. The number of anilines is 1. The van der Waals surface area contributed by atoms with Gasteiger partial charge in [0.05, 0.1) is 17.6 Å². The van der Waals surface area contributed by atoms with Gasteiger partial charge >= 0.3 is 5.97 Å². The molecule has 2 heterocycles. The Morgan fingerprint density at radius 1 is 1.24 bits per heavy atom. The van der Waals surface area contributed by atoms with Crippen molar-refractivity contribution in [1.29, 1.82) is 0 Å². The van der Waals surface area contributed by atoms with Gasteiger partial charge in [-0.25, -0.2) is 0 Å². The monoisotopic (exact) mass is 363 g/mol. The summed E-state index contributed by atoms with van der Waals surface area (Å²) in [6.07, 6.45) is -0.0466. The van der Waals surface area contributed by atoms with Gasteiger partial charge in [0.1, 0.15) is 11.0 Å². The van der Waals surface area contributed by atoms with Gasteiger partial charge in [0, 0.05) is 44.8 Å². The largest absolute Gasteiger partial charge is 0.481 e. The molecule has 0 spiro atoms. The van der Waals surface area contributed by atoms with E-state index in [0.29, 0.717) is 12.2 Å². The molecule has 8 nitrogen and oxygen atoms in total. The van der Waals surface area contributed by atoms with Gasteiger partial charge in [-0.15, -0.1) is 0 Å². The van der Waals surface area contributed by atoms with Crippen LogP contribution in [0.2, 0.25) is 0 Å². The molecule has 9 heteroatoms. The standard InChI is InChI=1S/C16H21N5O3S/c1-20-4-6-21(7-5-20)10-11(16(23)24)8-15(22)17-12-2-3-13-14(9-12)19-25-18-13/h2-3,9,11H,4-8,10H2,1H3,(H,17,22)(H,23,24)/t11-/m1/s1. The second-order valence-electron chi connectivity index (χ2n) is 6.36. The SMILES string of the molecule is CN1CCN(C[C@@H](CC(=O)Nc2ccc3nsnc3c2)C(=O)O)CC1. The van der Waals surface area contributed by atoms with Crippen molar-refractivity contribution in [2.45, 2.75) is 6.42 Å². The topological polar surface area (TPSA) is 98.7 Å². The lowest BCUT2D eigenvalue weighted by molar-refractivity contribution is -0.144. The summed E-state index contributed by atoms with van der Waals surface area (Å²) in [5, 5.41) is 12.2. The maximum absolute atomic E-state index is 12.3. The number of amides is 1. The third kappa shape index (κ3) is 4.71. The van der Waals surface area contributed by atoms with Gasteiger partial charge in [0.2, 0.25) is 5.91 Å². The number of benzene rings is 1. The van der Waals surface area contributed by atoms with E-state index in [-0.39, 0.29) is 12.3 Å². The minimum Gasteiger partial charge on any atom is -0.481 e. The highest BCUT2D eigenvalue weighted by molar-refractivity contribution is 7.00. The number of hydrogen-bond donors (Lipinski definition) is 2. The molecule has 2 N–H and O–H groups in total. The van der Waals surface area contributed by atoms with E-state index in [1.807, 2.05) is 7.05 Å². The molecule has 1 aliphatic rings. The van der Waals surface area contributed by atoms with Crippen molar-refractivity contribution in [3.63, 3.8) is 0 Å². The van der Waals surface area contributed by atoms with Gasteiger partial charge in [0.15, 0.2) is 0 Å². The Bertz CT molecular complexity index is 757. The van der Waals surface area contributed by atoms with E-state index in [1.54, 1.807) is 18.2 Å². The Labute approximate surface area is 149 Å². The molecule has 2 aromatic rings. The minimum atomic E-state index is -0.937. The third-order valence-corrected chi connectivity index (χ3v) is 4.95. The van der Waals surface area contributed by atoms with Crippen LogP contribution in [0.1, 0.15) is 6.42 Å². The first-order valence-electron chi connectivity index (χ1n) is 8.17. The van der Waals surface area contributed by atoms with Crippen LogP contribution in [0.3, 0.4) is 0 Å². The number of aliphatic carboxylic acids is 1. The smallest absolute Gasteiger partial charge is 0.308 e. The molecule has 0 saturated carbocycles. The molecule has 1 atom stereocenters. The number of aromatic nitrogens is 2. The fourth-order valence-electron chi connectivity index (χ4n) is 2.87. The van der Waals surface area contributed by atoms with Crippen LogP contribution in [0.25, 0.3) is 11.0 Å². The normalized spacial score (nSPS) is 17.5. The first-order chi connectivity index (χ1) is 12.0. The lowest BCUT2D eigenvalue weighted by atomic mass is 10.0. The van der Waals surface area contributed by atoms with E-state index in [9.17, 15) is 14.7 Å². The number of hydrogen-bond acceptors (Lipinski definition) is 7. The first-order valence-corrected chi connectivity index (χ1v) is 8.90. The molecule has 25 heavy (non-hydrogen) atoms. The Morgan fingerprint density at radius 2 is 1.96 bits per heavy atom. The number of likely N-dealkylation sites (N-methyl/N-ethyl adjacent to an activating group) is 1. The number of carbonyl (C=O) groups is 2. The number of carbonyl (C=O) groups excluding carboxylic acids is 1. The van der Waals surface area contributed by atoms with Gasteiger partial charge in [-0.1, -0.05) is 0 Å². The van der Waals surface area contributed by atoms with Crippen LogP contribution in [0.15, 0.2) is 18.2 Å². The van der Waals surface area contributed by atoms with Crippen molar-refractivity contribution >= 4 is 40.3 Å². The van der Waals surface area contributed by atoms with E-state index in [1.165, 1.54) is 0 Å². The average molecular weight is 363 g/mol. The predicted octanol–water partition coefficient (Wildman–Crippen LogP) is 0.968. The summed E-state index contributed by atoms with van der Waals surface area (Å²) in [5.41, 5.74) is 2.10. The fraction of sp³-hybridized carbons (Fsp3) is 0.500. The zero-order valence-electron chi connectivity index (χ0n) is 14.0. The number of fused-ring (bicyclic) bond motifs is 1. The number of carboxylic acids is 1. The van der Waals surface area contributed by atoms with Crippen molar-refractivity contribution in [3.05, 3.63) is 18.2 Å². The van der Waals surface area contributed by atoms with Crippen LogP contribution in [0.5, 0.6) is 0 Å². The maximum atomic E-state index is 12.3. The summed E-state index contributed by atoms with van der Waals surface area (Å²) in [4.78, 5) is 28.1. The summed E-state index contributed by atoms with van der Waals surface area (Å²) in [6, 6.07) is 5.28. The number of rotatable bonds is 6. The van der Waals surface area contributed by atoms with Crippen LogP contribution in [-0.4, -0.2) is 75.3 Å². The van der Waals surface area contributed by atoms with E-state index in [0.717, 1.165) is 48.9 Å². The Kier molecular flexibility index (Phi) is 5.57. The quantitative estimate of drug-likeness (QED) is 0.789. The van der Waals surface area contributed by atoms with Gasteiger partial charge in [-0.3, -0.25) is 14.5 Å². The first kappa shape index (κ1) is 17.7. The molecular formula is C16H21N5O3S. The highest BCUT2D eigenvalue weighted by atomic mass is 32.1. The molecule has 0 aliphatic carbocycles. The Morgan fingerprint density at radius 3 is 2.68 bits per heavy atom. The van der Waals surface area contributed by atoms with Crippen LogP contribution >= 0.6 is 11.7 Å². The molecule has 1 aliphatic heterocycles. The summed E-state index contributed by atoms with van der Waals surface area (Å²) < 4.78 is 8.25. The molecule has 0 unspecified atom stereocenters. The van der Waals surface area contributed by atoms with Crippen molar-refractivity contribution in [2.24, 2.45) is 5.92 Å². The maximum Gasteiger partial charge on any atom is 0.308 e. The molecule has 134 valence electrons. The number of nitrogens with one attached hydrogen (secondary N) is 1. The van der Waals surface area contributed by atoms with E-state index in [2.05, 4.69) is 23.9 Å². The molecule has 1 amide bonds. The van der Waals surface area contributed by atoms with Gasteiger partial charge in [-0.05, 0) is 25.2 Å². The number of carboxylic acid groups (broad SMARTS) is 1. The van der Waals surface area contributed by atoms with Crippen LogP contribution in [0.4, 0.5) is 5.69 Å². The average Bonchev–Trinajstić information content (AvgIpc) is 3.03. The second-order valence-corrected chi connectivity index (χ2v) is 6.89. The van der Waals surface area contributed by atoms with Crippen LogP contribution in [-0.2, 0) is 9.59 Å². The van der Waals surface area contributed by atoms with Crippen molar-refractivity contribution in [1.82, 2.24) is 18.5 Å². The second kappa shape index (κ2) is 7.85. The highest BCUT2D eigenvalue weighted by Crippen LogP contribution is 2.18. The predicted molar refractivity (Wildman–Crippen MR) is 95.7 cm³/mol. The molecule has 3 rings (SSSR count). The Hall–Kier alpha value is -2.10. The fourth-order valence-corrected chi connectivity index (χ4v) is 3.39. The van der Waals surface area contributed by atoms with Crippen molar-refractivity contribution in [3.8, 4) is 0 Å². The summed E-state index contributed by atoms with van der Waals surface area (Å²) >= 11 is 1.12. The summed E-state index contributed by atoms with van der Waals surface area (Å²) in [6.45, 7) is 3.89. The van der Waals surface area contributed by atoms with E-state index >= 15 is 0 Å². The Balaban J connectivity index is 1.57. The molecule has 1 saturated heterocycles. The number of nitrogens with zero attached hydrogens (tertiary/aromatic N) is 4. The zero-order chi connectivity index (χ0) is 17.8. The van der Waals surface area contributed by atoms with E-state index < -0.39 is 11.9 Å². The van der Waals surface area contributed by atoms with Crippen LogP contribution < -0.4 is 5.32 Å². The third-order valence-electron chi connectivity index (χ3n) is 4.39. The van der Waals surface area contributed by atoms with Gasteiger partial charge in [0.25, 0.3) is 0 Å². The molecular weight excluding hydrogens is 342 g/mol. The lowest BCUT2D eigenvalue weighted by Crippen LogP contribution is -2.47. The van der Waals surface area contributed by atoms with E-state index in [4.69, 9.17) is 0 Å². The van der Waals surface area contributed by atoms with Gasteiger partial charge < -0.3 is 15.3 Å². The molecule has 1 fully saturated rings. The molecule has 0 radical (unpaired) electrons. The highest BCUT2D eigenvalue weighted by Gasteiger charge is 2.25. The van der Waals surface area contributed by atoms with Gasteiger partial charge in [-0.2, -0.15) is 8.75 Å². The molecule has 1 aromatic heterocycles.